The van der Waals surface area contributed by atoms with Crippen molar-refractivity contribution < 1.29 is 13.9 Å². The number of carbonyl (C=O) groups excluding carboxylic acids is 1. The van der Waals surface area contributed by atoms with Gasteiger partial charge in [0.2, 0.25) is 5.91 Å². The highest BCUT2D eigenvalue weighted by atomic mass is 127. The van der Waals surface area contributed by atoms with E-state index >= 15 is 0 Å². The van der Waals surface area contributed by atoms with Crippen LogP contribution < -0.4 is 9.64 Å². The van der Waals surface area contributed by atoms with Gasteiger partial charge in [-0.1, -0.05) is 11.6 Å². The SMILES string of the molecule is COc1cc(N2CCN(C(=O)Cn3nc(-c4ncccn4)c(Cl)c3C)CC2)c(F)cc1I. The third-order valence-electron chi connectivity index (χ3n) is 5.39. The van der Waals surface area contributed by atoms with E-state index in [4.69, 9.17) is 16.3 Å². The fourth-order valence-corrected chi connectivity index (χ4v) is 4.45. The van der Waals surface area contributed by atoms with Crippen molar-refractivity contribution in [3.8, 4) is 17.3 Å². The maximum Gasteiger partial charge on any atom is 0.244 e. The molecule has 0 atom stereocenters. The van der Waals surface area contributed by atoms with E-state index in [0.717, 1.165) is 0 Å². The molecule has 1 aromatic carbocycles. The van der Waals surface area contributed by atoms with Crippen molar-refractivity contribution in [3.63, 3.8) is 0 Å². The van der Waals surface area contributed by atoms with Gasteiger partial charge < -0.3 is 14.5 Å². The summed E-state index contributed by atoms with van der Waals surface area (Å²) in [4.78, 5) is 25.0. The lowest BCUT2D eigenvalue weighted by Gasteiger charge is -2.36. The van der Waals surface area contributed by atoms with Gasteiger partial charge in [-0.2, -0.15) is 5.10 Å². The van der Waals surface area contributed by atoms with Crippen molar-refractivity contribution in [2.75, 3.05) is 38.2 Å². The Balaban J connectivity index is 1.43. The number of hydrogen-bond donors (Lipinski definition) is 0. The second-order valence-electron chi connectivity index (χ2n) is 7.28. The number of rotatable bonds is 5. The standard InChI is InChI=1S/C21H21ClFIN6O2/c1-13-19(22)20(21-25-4-3-5-26-21)27-30(13)12-18(31)29-8-6-28(7-9-29)16-11-17(32-2)15(24)10-14(16)23/h3-5,10-11H,6-9,12H2,1-2H3. The highest BCUT2D eigenvalue weighted by Gasteiger charge is 2.25. The number of ether oxygens (including phenoxy) is 1. The van der Waals surface area contributed by atoms with Crippen molar-refractivity contribution in [1.29, 1.82) is 0 Å². The maximum absolute atomic E-state index is 14.5. The van der Waals surface area contributed by atoms with Gasteiger partial charge in [0.15, 0.2) is 5.82 Å². The average molecular weight is 571 g/mol. The van der Waals surface area contributed by atoms with Crippen molar-refractivity contribution >= 4 is 45.8 Å². The Morgan fingerprint density at radius 3 is 2.56 bits per heavy atom. The summed E-state index contributed by atoms with van der Waals surface area (Å²) in [6.45, 7) is 3.87. The van der Waals surface area contributed by atoms with Crippen LogP contribution in [0.15, 0.2) is 30.6 Å². The molecule has 32 heavy (non-hydrogen) atoms. The van der Waals surface area contributed by atoms with Crippen LogP contribution in [0.4, 0.5) is 10.1 Å². The minimum absolute atomic E-state index is 0.0596. The Bertz CT molecular complexity index is 1140. The summed E-state index contributed by atoms with van der Waals surface area (Å²) in [7, 11) is 1.56. The molecule has 0 aliphatic carbocycles. The molecule has 4 rings (SSSR count). The van der Waals surface area contributed by atoms with Gasteiger partial charge >= 0.3 is 0 Å². The van der Waals surface area contributed by atoms with E-state index in [0.29, 0.717) is 63.4 Å². The van der Waals surface area contributed by atoms with Crippen LogP contribution in [-0.4, -0.2) is 63.8 Å². The molecule has 0 N–H and O–H groups in total. The molecule has 168 valence electrons. The van der Waals surface area contributed by atoms with Gasteiger partial charge in [-0.15, -0.1) is 0 Å². The molecular weight excluding hydrogens is 550 g/mol. The number of benzene rings is 1. The summed E-state index contributed by atoms with van der Waals surface area (Å²) in [6, 6.07) is 4.88. The fraction of sp³-hybridized carbons (Fsp3) is 0.333. The summed E-state index contributed by atoms with van der Waals surface area (Å²) >= 11 is 8.46. The van der Waals surface area contributed by atoms with E-state index < -0.39 is 0 Å². The van der Waals surface area contributed by atoms with Gasteiger partial charge in [0.05, 0.1) is 27.1 Å². The fourth-order valence-electron chi connectivity index (χ4n) is 3.58. The second kappa shape index (κ2) is 9.57. The zero-order valence-corrected chi connectivity index (χ0v) is 20.5. The van der Waals surface area contributed by atoms with Crippen molar-refractivity contribution in [2.45, 2.75) is 13.5 Å². The molecule has 8 nitrogen and oxygen atoms in total. The van der Waals surface area contributed by atoms with Gasteiger partial charge in [0, 0.05) is 44.6 Å². The summed E-state index contributed by atoms with van der Waals surface area (Å²) in [5, 5.41) is 4.88. The quantitative estimate of drug-likeness (QED) is 0.438. The lowest BCUT2D eigenvalue weighted by atomic mass is 10.2. The molecule has 1 aliphatic rings. The first-order valence-corrected chi connectivity index (χ1v) is 11.4. The molecule has 2 aromatic heterocycles. The second-order valence-corrected chi connectivity index (χ2v) is 8.82. The number of anilines is 1. The molecule has 1 saturated heterocycles. The molecule has 0 unspecified atom stereocenters. The first-order valence-electron chi connectivity index (χ1n) is 9.95. The first-order chi connectivity index (χ1) is 15.4. The largest absolute Gasteiger partial charge is 0.496 e. The molecule has 0 bridgehead atoms. The van der Waals surface area contributed by atoms with Crippen LogP contribution in [0.5, 0.6) is 5.75 Å². The molecular formula is C21H21ClFIN6O2. The topological polar surface area (TPSA) is 76.4 Å². The van der Waals surface area contributed by atoms with Crippen LogP contribution in [-0.2, 0) is 11.3 Å². The van der Waals surface area contributed by atoms with E-state index in [1.807, 2.05) is 27.5 Å². The number of nitrogens with zero attached hydrogens (tertiary/aromatic N) is 6. The third kappa shape index (κ3) is 4.51. The Morgan fingerprint density at radius 1 is 1.22 bits per heavy atom. The lowest BCUT2D eigenvalue weighted by Crippen LogP contribution is -2.50. The van der Waals surface area contributed by atoms with Crippen molar-refractivity contribution in [1.82, 2.24) is 24.6 Å². The number of halogens is 3. The average Bonchev–Trinajstić information content (AvgIpc) is 3.08. The van der Waals surface area contributed by atoms with Crippen LogP contribution in [0.25, 0.3) is 11.5 Å². The Morgan fingerprint density at radius 2 is 1.91 bits per heavy atom. The van der Waals surface area contributed by atoms with Gasteiger partial charge in [-0.25, -0.2) is 14.4 Å². The van der Waals surface area contributed by atoms with Crippen LogP contribution in [0, 0.1) is 16.3 Å². The predicted octanol–water partition coefficient (Wildman–Crippen LogP) is 3.40. The van der Waals surface area contributed by atoms with E-state index in [9.17, 15) is 9.18 Å². The van der Waals surface area contributed by atoms with Crippen molar-refractivity contribution in [2.24, 2.45) is 0 Å². The number of methoxy groups -OCH3 is 1. The Labute approximate surface area is 203 Å². The van der Waals surface area contributed by atoms with Crippen LogP contribution >= 0.6 is 34.2 Å². The smallest absolute Gasteiger partial charge is 0.244 e. The summed E-state index contributed by atoms with van der Waals surface area (Å²) in [5.41, 5.74) is 1.61. The lowest BCUT2D eigenvalue weighted by molar-refractivity contribution is -0.132. The zero-order valence-electron chi connectivity index (χ0n) is 17.6. The number of hydrogen-bond acceptors (Lipinski definition) is 6. The molecule has 1 aliphatic heterocycles. The molecule has 3 aromatic rings. The van der Waals surface area contributed by atoms with Crippen LogP contribution in [0.1, 0.15) is 5.69 Å². The number of carbonyl (C=O) groups is 1. The monoisotopic (exact) mass is 570 g/mol. The molecule has 1 amide bonds. The Hall–Kier alpha value is -2.47. The number of piperazine rings is 1. The van der Waals surface area contributed by atoms with Gasteiger partial charge in [0.25, 0.3) is 0 Å². The molecule has 11 heteroatoms. The highest BCUT2D eigenvalue weighted by molar-refractivity contribution is 14.1. The minimum Gasteiger partial charge on any atom is -0.496 e. The van der Waals surface area contributed by atoms with E-state index in [1.54, 1.807) is 48.1 Å². The molecule has 0 spiro atoms. The van der Waals surface area contributed by atoms with Crippen LogP contribution in [0.2, 0.25) is 5.02 Å². The molecule has 3 heterocycles. The van der Waals surface area contributed by atoms with Gasteiger partial charge in [0.1, 0.15) is 23.8 Å². The van der Waals surface area contributed by atoms with Crippen LogP contribution in [0.3, 0.4) is 0 Å². The molecule has 0 radical (unpaired) electrons. The number of amides is 1. The minimum atomic E-state index is -0.299. The summed E-state index contributed by atoms with van der Waals surface area (Å²) in [5.74, 6) is 0.667. The predicted molar refractivity (Wildman–Crippen MR) is 127 cm³/mol. The summed E-state index contributed by atoms with van der Waals surface area (Å²) in [6.07, 6.45) is 3.23. The van der Waals surface area contributed by atoms with E-state index in [-0.39, 0.29) is 18.3 Å². The van der Waals surface area contributed by atoms with Gasteiger partial charge in [-0.05, 0) is 41.6 Å². The Kier molecular flexibility index (Phi) is 6.79. The summed E-state index contributed by atoms with van der Waals surface area (Å²) < 4.78 is 22.1. The van der Waals surface area contributed by atoms with Gasteiger partial charge in [-0.3, -0.25) is 9.48 Å². The highest BCUT2D eigenvalue weighted by Crippen LogP contribution is 2.31. The maximum atomic E-state index is 14.5. The third-order valence-corrected chi connectivity index (χ3v) is 6.69. The zero-order chi connectivity index (χ0) is 22.8. The normalized spacial score (nSPS) is 14.0. The van der Waals surface area contributed by atoms with E-state index in [1.165, 1.54) is 6.07 Å². The van der Waals surface area contributed by atoms with E-state index in [2.05, 4.69) is 15.1 Å². The number of aromatic nitrogens is 4. The molecule has 0 saturated carbocycles. The van der Waals surface area contributed by atoms with Crippen molar-refractivity contribution in [3.05, 3.63) is 50.7 Å². The first kappa shape index (κ1) is 22.7. The molecule has 1 fully saturated rings.